The molecule has 0 radical (unpaired) electrons. The lowest BCUT2D eigenvalue weighted by molar-refractivity contribution is -0.121. The lowest BCUT2D eigenvalue weighted by atomic mass is 9.96. The quantitative estimate of drug-likeness (QED) is 0.547. The number of carbonyl (C=O) groups is 2. The monoisotopic (exact) mass is 449 g/mol. The van der Waals surface area contributed by atoms with Gasteiger partial charge in [0.1, 0.15) is 5.82 Å². The number of amides is 1. The van der Waals surface area contributed by atoms with E-state index in [1.807, 2.05) is 39.9 Å². The fourth-order valence-corrected chi connectivity index (χ4v) is 4.32. The number of hydrogen-bond donors (Lipinski definition) is 1. The van der Waals surface area contributed by atoms with Gasteiger partial charge in [0.15, 0.2) is 5.78 Å². The molecule has 3 aromatic rings. The van der Waals surface area contributed by atoms with Crippen LogP contribution in [0.15, 0.2) is 48.8 Å². The van der Waals surface area contributed by atoms with Crippen LogP contribution in [0.2, 0.25) is 5.02 Å². The average molecular weight is 450 g/mol. The van der Waals surface area contributed by atoms with Gasteiger partial charge in [-0.25, -0.2) is 4.98 Å². The van der Waals surface area contributed by atoms with Gasteiger partial charge in [-0.05, 0) is 37.6 Å². The molecule has 7 nitrogen and oxygen atoms in total. The van der Waals surface area contributed by atoms with Crippen molar-refractivity contribution < 1.29 is 9.59 Å². The van der Waals surface area contributed by atoms with Crippen LogP contribution in [-0.4, -0.2) is 45.8 Å². The summed E-state index contributed by atoms with van der Waals surface area (Å²) in [7, 11) is 0. The van der Waals surface area contributed by atoms with Crippen molar-refractivity contribution in [3.8, 4) is 6.07 Å². The summed E-state index contributed by atoms with van der Waals surface area (Å²) in [6, 6.07) is 13.3. The number of aromatic nitrogens is 2. The number of piperidine rings is 1. The topological polar surface area (TPSA) is 91.0 Å². The van der Waals surface area contributed by atoms with E-state index in [9.17, 15) is 9.59 Å². The van der Waals surface area contributed by atoms with Crippen LogP contribution in [-0.2, 0) is 11.3 Å². The number of benzene rings is 1. The summed E-state index contributed by atoms with van der Waals surface area (Å²) in [5, 5.41) is 13.2. The Hall–Kier alpha value is -3.21. The second-order valence-corrected chi connectivity index (χ2v) is 8.45. The van der Waals surface area contributed by atoms with Gasteiger partial charge in [-0.3, -0.25) is 14.5 Å². The summed E-state index contributed by atoms with van der Waals surface area (Å²) in [6.07, 6.45) is 5.36. The molecule has 0 spiro atoms. The Balaban J connectivity index is 1.43. The smallest absolute Gasteiger partial charge is 0.229 e. The van der Waals surface area contributed by atoms with Crippen molar-refractivity contribution in [2.75, 3.05) is 25.0 Å². The number of nitrogens with zero attached hydrogens (tertiary/aromatic N) is 4. The van der Waals surface area contributed by atoms with Crippen LogP contribution in [0.4, 0.5) is 5.82 Å². The number of ketones is 1. The van der Waals surface area contributed by atoms with Gasteiger partial charge in [0.25, 0.3) is 0 Å². The molecule has 2 aromatic heterocycles. The molecule has 0 bridgehead atoms. The minimum absolute atomic E-state index is 0.0253. The third kappa shape index (κ3) is 4.98. The zero-order valence-corrected chi connectivity index (χ0v) is 18.4. The molecule has 1 aliphatic heterocycles. The minimum atomic E-state index is -0.203. The summed E-state index contributed by atoms with van der Waals surface area (Å²) >= 11 is 5.85. The first-order valence-corrected chi connectivity index (χ1v) is 11.1. The Morgan fingerprint density at radius 1 is 1.25 bits per heavy atom. The second-order valence-electron chi connectivity index (χ2n) is 8.01. The number of hydrogen-bond acceptors (Lipinski definition) is 5. The molecule has 164 valence electrons. The number of rotatable bonds is 7. The Morgan fingerprint density at radius 2 is 2.09 bits per heavy atom. The van der Waals surface area contributed by atoms with Gasteiger partial charge in [0.05, 0.1) is 30.0 Å². The summed E-state index contributed by atoms with van der Waals surface area (Å²) in [4.78, 5) is 32.0. The van der Waals surface area contributed by atoms with Gasteiger partial charge in [-0.15, -0.1) is 0 Å². The number of nitriles is 1. The van der Waals surface area contributed by atoms with Crippen LogP contribution in [0, 0.1) is 17.2 Å². The molecule has 1 unspecified atom stereocenters. The molecule has 3 heterocycles. The van der Waals surface area contributed by atoms with E-state index in [0.717, 1.165) is 30.3 Å². The molecular formula is C24H24ClN5O2. The molecule has 1 atom stereocenters. The molecule has 1 amide bonds. The van der Waals surface area contributed by atoms with Crippen molar-refractivity contribution in [2.45, 2.75) is 25.8 Å². The first-order valence-electron chi connectivity index (χ1n) is 10.7. The number of likely N-dealkylation sites (tertiary alicyclic amines) is 1. The molecule has 1 saturated heterocycles. The number of nitrogens with one attached hydrogen (secondary N) is 1. The largest absolute Gasteiger partial charge is 0.346 e. The average Bonchev–Trinajstić information content (AvgIpc) is 3.18. The highest BCUT2D eigenvalue weighted by molar-refractivity contribution is 6.30. The van der Waals surface area contributed by atoms with Gasteiger partial charge in [-0.1, -0.05) is 29.8 Å². The Morgan fingerprint density at radius 3 is 2.88 bits per heavy atom. The molecule has 1 fully saturated rings. The first kappa shape index (κ1) is 22.0. The fraction of sp³-hybridized carbons (Fsp3) is 0.333. The van der Waals surface area contributed by atoms with Crippen molar-refractivity contribution in [1.29, 1.82) is 5.26 Å². The molecule has 1 aliphatic rings. The van der Waals surface area contributed by atoms with Crippen LogP contribution in [0.25, 0.3) is 10.9 Å². The molecule has 32 heavy (non-hydrogen) atoms. The summed E-state index contributed by atoms with van der Waals surface area (Å²) in [6.45, 7) is 2.12. The molecule has 8 heteroatoms. The molecular weight excluding hydrogens is 426 g/mol. The first-order chi connectivity index (χ1) is 15.5. The predicted molar refractivity (Wildman–Crippen MR) is 124 cm³/mol. The maximum atomic E-state index is 13.2. The highest BCUT2D eigenvalue weighted by atomic mass is 35.5. The van der Waals surface area contributed by atoms with Gasteiger partial charge >= 0.3 is 0 Å². The van der Waals surface area contributed by atoms with E-state index in [1.54, 1.807) is 12.1 Å². The van der Waals surface area contributed by atoms with Crippen LogP contribution >= 0.6 is 11.6 Å². The van der Waals surface area contributed by atoms with Crippen molar-refractivity contribution in [1.82, 2.24) is 14.5 Å². The van der Waals surface area contributed by atoms with Gasteiger partial charge < -0.3 is 9.88 Å². The van der Waals surface area contributed by atoms with E-state index in [1.165, 1.54) is 6.20 Å². The number of Topliss-reactive ketones (excluding diaryl/α,β-unsaturated/α-hetero) is 1. The van der Waals surface area contributed by atoms with E-state index < -0.39 is 0 Å². The predicted octanol–water partition coefficient (Wildman–Crippen LogP) is 4.14. The van der Waals surface area contributed by atoms with Gasteiger partial charge in [0, 0.05) is 41.9 Å². The van der Waals surface area contributed by atoms with E-state index in [2.05, 4.69) is 16.4 Å². The van der Waals surface area contributed by atoms with E-state index in [4.69, 9.17) is 16.9 Å². The SMILES string of the molecule is N#CCCn1cc(C(=O)CN2CCCC(C(=O)Nc3ccc(Cl)cn3)C2)c2ccccc21. The zero-order chi connectivity index (χ0) is 22.5. The number of para-hydroxylation sites is 1. The Labute approximate surface area is 191 Å². The highest BCUT2D eigenvalue weighted by Gasteiger charge is 2.28. The summed E-state index contributed by atoms with van der Waals surface area (Å²) in [5.74, 6) is 0.200. The van der Waals surface area contributed by atoms with Crippen LogP contribution in [0.5, 0.6) is 0 Å². The summed E-state index contributed by atoms with van der Waals surface area (Å²) in [5.41, 5.74) is 1.62. The van der Waals surface area contributed by atoms with E-state index in [0.29, 0.717) is 35.9 Å². The normalized spacial score (nSPS) is 16.6. The fourth-order valence-electron chi connectivity index (χ4n) is 4.20. The number of halogens is 1. The van der Waals surface area contributed by atoms with E-state index in [-0.39, 0.29) is 24.2 Å². The minimum Gasteiger partial charge on any atom is -0.346 e. The Kier molecular flexibility index (Phi) is 6.84. The van der Waals surface area contributed by atoms with Crippen molar-refractivity contribution in [3.05, 3.63) is 59.4 Å². The summed E-state index contributed by atoms with van der Waals surface area (Å²) < 4.78 is 1.97. The van der Waals surface area contributed by atoms with Crippen LogP contribution in [0.3, 0.4) is 0 Å². The number of fused-ring (bicyclic) bond motifs is 1. The third-order valence-corrected chi connectivity index (χ3v) is 6.00. The molecule has 1 aromatic carbocycles. The molecule has 0 aliphatic carbocycles. The van der Waals surface area contributed by atoms with Gasteiger partial charge in [0.2, 0.25) is 5.91 Å². The number of carbonyl (C=O) groups excluding carboxylic acids is 2. The lowest BCUT2D eigenvalue weighted by Crippen LogP contribution is -2.42. The second kappa shape index (κ2) is 9.94. The van der Waals surface area contributed by atoms with E-state index >= 15 is 0 Å². The Bertz CT molecular complexity index is 1170. The molecule has 4 rings (SSSR count). The van der Waals surface area contributed by atoms with Crippen LogP contribution in [0.1, 0.15) is 29.6 Å². The maximum Gasteiger partial charge on any atom is 0.229 e. The molecule has 0 saturated carbocycles. The number of pyridine rings is 1. The maximum absolute atomic E-state index is 13.2. The third-order valence-electron chi connectivity index (χ3n) is 5.78. The molecule has 1 N–H and O–H groups in total. The van der Waals surface area contributed by atoms with Crippen molar-refractivity contribution in [2.24, 2.45) is 5.92 Å². The zero-order valence-electron chi connectivity index (χ0n) is 17.6. The number of aryl methyl sites for hydroxylation is 1. The standard InChI is InChI=1S/C24H24ClN5O2/c25-18-8-9-23(27-13-18)28-24(32)17-5-3-11-29(14-17)16-22(31)20-15-30(12-4-10-26)21-7-2-1-6-19(20)21/h1-2,6-9,13,15,17H,3-5,11-12,14,16H2,(H,27,28,32). The lowest BCUT2D eigenvalue weighted by Gasteiger charge is -2.31. The highest BCUT2D eigenvalue weighted by Crippen LogP contribution is 2.24. The van der Waals surface area contributed by atoms with Gasteiger partial charge in [-0.2, -0.15) is 5.26 Å². The van der Waals surface area contributed by atoms with Crippen molar-refractivity contribution in [3.63, 3.8) is 0 Å². The van der Waals surface area contributed by atoms with Crippen LogP contribution < -0.4 is 5.32 Å². The van der Waals surface area contributed by atoms with Crippen molar-refractivity contribution >= 4 is 40.0 Å². The number of anilines is 1.